The third-order valence-corrected chi connectivity index (χ3v) is 2.99. The SMILES string of the molecule is COC(=O)C(C=O)N(C)C(=O)C=Cc1ccccc1Cl. The van der Waals surface area contributed by atoms with Crippen molar-refractivity contribution in [2.24, 2.45) is 0 Å². The molecule has 0 aliphatic rings. The summed E-state index contributed by atoms with van der Waals surface area (Å²) in [5.41, 5.74) is 0.664. The van der Waals surface area contributed by atoms with Gasteiger partial charge in [-0.05, 0) is 17.7 Å². The summed E-state index contributed by atoms with van der Waals surface area (Å²) in [7, 11) is 2.49. The van der Waals surface area contributed by atoms with Crippen molar-refractivity contribution >= 4 is 35.8 Å². The van der Waals surface area contributed by atoms with Gasteiger partial charge in [-0.2, -0.15) is 0 Å². The minimum absolute atomic E-state index is 0.354. The number of hydrogen-bond acceptors (Lipinski definition) is 4. The van der Waals surface area contributed by atoms with Crippen molar-refractivity contribution < 1.29 is 19.1 Å². The molecule has 6 heteroatoms. The number of halogens is 1. The average molecular weight is 296 g/mol. The van der Waals surface area contributed by atoms with Crippen molar-refractivity contribution in [1.29, 1.82) is 0 Å². The van der Waals surface area contributed by atoms with E-state index in [2.05, 4.69) is 4.74 Å². The van der Waals surface area contributed by atoms with Crippen molar-refractivity contribution in [2.45, 2.75) is 6.04 Å². The van der Waals surface area contributed by atoms with Crippen molar-refractivity contribution in [1.82, 2.24) is 4.90 Å². The van der Waals surface area contributed by atoms with E-state index < -0.39 is 17.9 Å². The maximum absolute atomic E-state index is 11.9. The summed E-state index contributed by atoms with van der Waals surface area (Å²) in [6, 6.07) is 5.72. The summed E-state index contributed by atoms with van der Waals surface area (Å²) in [5, 5.41) is 0.499. The molecule has 0 aliphatic carbocycles. The van der Waals surface area contributed by atoms with Crippen LogP contribution < -0.4 is 0 Å². The summed E-state index contributed by atoms with van der Waals surface area (Å²) in [5.74, 6) is -1.30. The van der Waals surface area contributed by atoms with Crippen molar-refractivity contribution in [2.75, 3.05) is 14.2 Å². The van der Waals surface area contributed by atoms with E-state index in [9.17, 15) is 14.4 Å². The lowest BCUT2D eigenvalue weighted by Crippen LogP contribution is -2.43. The smallest absolute Gasteiger partial charge is 0.336 e. The number of nitrogens with zero attached hydrogens (tertiary/aromatic N) is 1. The molecule has 0 radical (unpaired) electrons. The molecule has 0 aliphatic heterocycles. The molecule has 20 heavy (non-hydrogen) atoms. The van der Waals surface area contributed by atoms with E-state index >= 15 is 0 Å². The second kappa shape index (κ2) is 7.45. The largest absolute Gasteiger partial charge is 0.467 e. The Kier molecular flexibility index (Phi) is 5.93. The van der Waals surface area contributed by atoms with Crippen LogP contribution in [0.2, 0.25) is 5.02 Å². The number of ether oxygens (including phenoxy) is 1. The fraction of sp³-hybridized carbons (Fsp3) is 0.214. The molecule has 1 aromatic rings. The van der Waals surface area contributed by atoms with Gasteiger partial charge in [0.25, 0.3) is 0 Å². The van der Waals surface area contributed by atoms with E-state index in [1.807, 2.05) is 0 Å². The van der Waals surface area contributed by atoms with Gasteiger partial charge in [0.1, 0.15) is 0 Å². The average Bonchev–Trinajstić information content (AvgIpc) is 2.46. The fourth-order valence-corrected chi connectivity index (χ4v) is 1.65. The van der Waals surface area contributed by atoms with E-state index in [1.54, 1.807) is 24.3 Å². The molecule has 0 saturated carbocycles. The topological polar surface area (TPSA) is 63.7 Å². The summed E-state index contributed by atoms with van der Waals surface area (Å²) < 4.78 is 4.45. The highest BCUT2D eigenvalue weighted by Crippen LogP contribution is 2.16. The lowest BCUT2D eigenvalue weighted by molar-refractivity contribution is -0.151. The van der Waals surface area contributed by atoms with Crippen LogP contribution in [0.1, 0.15) is 5.56 Å². The van der Waals surface area contributed by atoms with Gasteiger partial charge >= 0.3 is 5.97 Å². The fourth-order valence-electron chi connectivity index (χ4n) is 1.45. The van der Waals surface area contributed by atoms with Crippen molar-refractivity contribution in [3.8, 4) is 0 Å². The molecular formula is C14H14ClNO4. The molecule has 0 fully saturated rings. The molecule has 0 spiro atoms. The zero-order valence-corrected chi connectivity index (χ0v) is 11.8. The van der Waals surface area contributed by atoms with Gasteiger partial charge in [0.15, 0.2) is 12.3 Å². The predicted octanol–water partition coefficient (Wildman–Crippen LogP) is 1.55. The highest BCUT2D eigenvalue weighted by molar-refractivity contribution is 6.32. The minimum Gasteiger partial charge on any atom is -0.467 e. The number of rotatable bonds is 5. The number of methoxy groups -OCH3 is 1. The molecule has 0 saturated heterocycles. The Morgan fingerprint density at radius 3 is 2.55 bits per heavy atom. The Morgan fingerprint density at radius 2 is 2.00 bits per heavy atom. The van der Waals surface area contributed by atoms with Crippen LogP contribution >= 0.6 is 11.6 Å². The number of carbonyl (C=O) groups excluding carboxylic acids is 3. The molecule has 1 rings (SSSR count). The van der Waals surface area contributed by atoms with Gasteiger partial charge in [-0.3, -0.25) is 4.79 Å². The van der Waals surface area contributed by atoms with Gasteiger partial charge in [0.2, 0.25) is 5.91 Å². The molecule has 1 aromatic carbocycles. The van der Waals surface area contributed by atoms with Crippen LogP contribution in [0.4, 0.5) is 0 Å². The maximum Gasteiger partial charge on any atom is 0.336 e. The number of likely N-dealkylation sites (N-methyl/N-ethyl adjacent to an activating group) is 1. The Hall–Kier alpha value is -2.14. The van der Waals surface area contributed by atoms with Gasteiger partial charge in [-0.25, -0.2) is 4.79 Å². The van der Waals surface area contributed by atoms with Gasteiger partial charge in [0, 0.05) is 18.1 Å². The van der Waals surface area contributed by atoms with Crippen LogP contribution in [-0.2, 0) is 19.1 Å². The van der Waals surface area contributed by atoms with Crippen LogP contribution in [0.15, 0.2) is 30.3 Å². The third kappa shape index (κ3) is 3.93. The lowest BCUT2D eigenvalue weighted by Gasteiger charge is -2.19. The lowest BCUT2D eigenvalue weighted by atomic mass is 10.2. The van der Waals surface area contributed by atoms with Gasteiger partial charge in [0.05, 0.1) is 7.11 Å². The second-order valence-corrected chi connectivity index (χ2v) is 4.32. The highest BCUT2D eigenvalue weighted by Gasteiger charge is 2.25. The Morgan fingerprint density at radius 1 is 1.35 bits per heavy atom. The normalized spacial score (nSPS) is 11.9. The zero-order valence-electron chi connectivity index (χ0n) is 11.1. The molecule has 1 atom stereocenters. The molecule has 0 N–H and O–H groups in total. The molecule has 0 heterocycles. The maximum atomic E-state index is 11.9. The summed E-state index contributed by atoms with van der Waals surface area (Å²) >= 11 is 5.94. The number of hydrogen-bond donors (Lipinski definition) is 0. The van der Waals surface area contributed by atoms with Crippen molar-refractivity contribution in [3.05, 3.63) is 40.9 Å². The van der Waals surface area contributed by atoms with Crippen LogP contribution in [0.25, 0.3) is 6.08 Å². The van der Waals surface area contributed by atoms with Crippen LogP contribution in [0.3, 0.4) is 0 Å². The van der Waals surface area contributed by atoms with E-state index in [4.69, 9.17) is 11.6 Å². The molecule has 1 unspecified atom stereocenters. The molecular weight excluding hydrogens is 282 g/mol. The van der Waals surface area contributed by atoms with Crippen LogP contribution in [0.5, 0.6) is 0 Å². The first-order valence-corrected chi connectivity index (χ1v) is 6.11. The van der Waals surface area contributed by atoms with Crippen LogP contribution in [0, 0.1) is 0 Å². The third-order valence-electron chi connectivity index (χ3n) is 2.65. The minimum atomic E-state index is -1.26. The number of amides is 1. The van der Waals surface area contributed by atoms with Crippen molar-refractivity contribution in [3.63, 3.8) is 0 Å². The highest BCUT2D eigenvalue weighted by atomic mass is 35.5. The first-order valence-electron chi connectivity index (χ1n) is 5.73. The van der Waals surface area contributed by atoms with Gasteiger partial charge < -0.3 is 14.4 Å². The zero-order chi connectivity index (χ0) is 15.1. The van der Waals surface area contributed by atoms with E-state index in [0.29, 0.717) is 16.9 Å². The predicted molar refractivity (Wildman–Crippen MR) is 75.1 cm³/mol. The number of esters is 1. The molecule has 1 amide bonds. The monoisotopic (exact) mass is 295 g/mol. The summed E-state index contributed by atoms with van der Waals surface area (Å²) in [6.07, 6.45) is 3.11. The van der Waals surface area contributed by atoms with Gasteiger partial charge in [-0.1, -0.05) is 29.8 Å². The first kappa shape index (κ1) is 15.9. The van der Waals surface area contributed by atoms with E-state index in [0.717, 1.165) is 12.0 Å². The number of aldehydes is 1. The Balaban J connectivity index is 2.82. The summed E-state index contributed by atoms with van der Waals surface area (Å²) in [6.45, 7) is 0. The Labute approximate surface area is 121 Å². The molecule has 106 valence electrons. The summed E-state index contributed by atoms with van der Waals surface area (Å²) in [4.78, 5) is 35.0. The van der Waals surface area contributed by atoms with Gasteiger partial charge in [-0.15, -0.1) is 0 Å². The molecule has 5 nitrogen and oxygen atoms in total. The van der Waals surface area contributed by atoms with E-state index in [1.165, 1.54) is 19.2 Å². The Bertz CT molecular complexity index is 542. The van der Waals surface area contributed by atoms with Crippen LogP contribution in [-0.4, -0.2) is 43.3 Å². The molecule has 0 bridgehead atoms. The number of carbonyl (C=O) groups is 3. The quantitative estimate of drug-likeness (QED) is 0.358. The second-order valence-electron chi connectivity index (χ2n) is 3.91. The standard InChI is InChI=1S/C14H14ClNO4/c1-16(12(9-17)14(19)20-2)13(18)8-7-10-5-3-4-6-11(10)15/h3-9,12H,1-2H3. The molecule has 0 aromatic heterocycles. The first-order chi connectivity index (χ1) is 9.51. The number of benzene rings is 1. The van der Waals surface area contributed by atoms with E-state index in [-0.39, 0.29) is 0 Å².